The van der Waals surface area contributed by atoms with Crippen molar-refractivity contribution in [3.8, 4) is 0 Å². The van der Waals surface area contributed by atoms with Crippen molar-refractivity contribution in [2.75, 3.05) is 23.0 Å². The molecule has 0 bridgehead atoms. The molecule has 0 aliphatic carbocycles. The molecule has 2 amide bonds. The van der Waals surface area contributed by atoms with E-state index in [1.807, 2.05) is 64.4 Å². The highest BCUT2D eigenvalue weighted by molar-refractivity contribution is 6.31. The van der Waals surface area contributed by atoms with E-state index >= 15 is 0 Å². The maximum absolute atomic E-state index is 13.9. The van der Waals surface area contributed by atoms with Crippen LogP contribution in [0.15, 0.2) is 72.8 Å². The lowest BCUT2D eigenvalue weighted by atomic mass is 9.82. The van der Waals surface area contributed by atoms with Crippen LogP contribution < -0.4 is 9.80 Å². The topological polar surface area (TPSA) is 32.8 Å². The molecule has 0 radical (unpaired) electrons. The Morgan fingerprint density at radius 3 is 2.03 bits per heavy atom. The molecule has 3 aromatic carbocycles. The highest BCUT2D eigenvalue weighted by Crippen LogP contribution is 2.51. The Kier molecular flexibility index (Phi) is 4.73. The van der Waals surface area contributed by atoms with Gasteiger partial charge in [0.15, 0.2) is 0 Å². The van der Waals surface area contributed by atoms with Crippen LogP contribution in [0.5, 0.6) is 0 Å². The third-order valence-corrected chi connectivity index (χ3v) is 6.37. The van der Waals surface area contributed by atoms with E-state index in [4.69, 9.17) is 27.9 Å². The van der Waals surface area contributed by atoms with Crippen molar-refractivity contribution in [1.82, 2.24) is 0 Å². The fraction of sp³-hybridized carbons (Fsp3) is 0.208. The summed E-state index contributed by atoms with van der Waals surface area (Å²) in [5.41, 5.74) is 3.34. The average Bonchev–Trinajstić information content (AvgIpc) is 2.99. The molecule has 2 fully saturated rings. The number of hydrogen-bond acceptors (Lipinski definition) is 2. The number of aryl methyl sites for hydroxylation is 1. The number of anilines is 2. The van der Waals surface area contributed by atoms with Gasteiger partial charge in [-0.15, -0.1) is 0 Å². The second-order valence-electron chi connectivity index (χ2n) is 7.85. The van der Waals surface area contributed by atoms with Crippen LogP contribution in [0.1, 0.15) is 17.2 Å². The summed E-state index contributed by atoms with van der Waals surface area (Å²) in [5.74, 6) is 0. The molecule has 0 aromatic heterocycles. The van der Waals surface area contributed by atoms with Gasteiger partial charge in [-0.2, -0.15) is 0 Å². The van der Waals surface area contributed by atoms with Gasteiger partial charge >= 0.3 is 6.03 Å². The molecule has 0 unspecified atom stereocenters. The Balaban J connectivity index is 1.70. The van der Waals surface area contributed by atoms with Crippen molar-refractivity contribution in [3.05, 3.63) is 94.0 Å². The summed E-state index contributed by atoms with van der Waals surface area (Å²) < 4.78 is 5.70. The van der Waals surface area contributed by atoms with E-state index in [1.165, 1.54) is 0 Å². The van der Waals surface area contributed by atoms with Crippen LogP contribution >= 0.6 is 23.2 Å². The standard InChI is InChI=1S/C24H20Cl2N2O2/c1-16-3-2-4-17(13-16)22-24(14-30-15-24)28(21-11-7-19(26)8-12-21)23(29)27(22)20-9-5-18(25)6-10-20/h2-13,22H,14-15H2,1H3/t22-/m0/s1. The lowest BCUT2D eigenvalue weighted by Crippen LogP contribution is -2.62. The third-order valence-electron chi connectivity index (χ3n) is 5.86. The zero-order valence-corrected chi connectivity index (χ0v) is 17.9. The Labute approximate surface area is 185 Å². The number of halogens is 2. The number of carbonyl (C=O) groups excluding carboxylic acids is 1. The van der Waals surface area contributed by atoms with Crippen molar-refractivity contribution in [2.45, 2.75) is 18.5 Å². The average molecular weight is 439 g/mol. The number of rotatable bonds is 3. The van der Waals surface area contributed by atoms with Crippen molar-refractivity contribution in [2.24, 2.45) is 0 Å². The first-order chi connectivity index (χ1) is 14.5. The fourth-order valence-corrected chi connectivity index (χ4v) is 4.74. The highest BCUT2D eigenvalue weighted by atomic mass is 35.5. The highest BCUT2D eigenvalue weighted by Gasteiger charge is 2.62. The molecular weight excluding hydrogens is 419 g/mol. The molecule has 0 saturated carbocycles. The van der Waals surface area contributed by atoms with Crippen LogP contribution in [-0.4, -0.2) is 24.8 Å². The summed E-state index contributed by atoms with van der Waals surface area (Å²) in [6.07, 6.45) is 0. The molecule has 30 heavy (non-hydrogen) atoms. The summed E-state index contributed by atoms with van der Waals surface area (Å²) in [6.45, 7) is 2.99. The fourth-order valence-electron chi connectivity index (χ4n) is 4.49. The third kappa shape index (κ3) is 2.99. The van der Waals surface area contributed by atoms with Crippen LogP contribution in [-0.2, 0) is 4.74 Å². The lowest BCUT2D eigenvalue weighted by Gasteiger charge is -2.47. The van der Waals surface area contributed by atoms with Crippen molar-refractivity contribution >= 4 is 40.6 Å². The number of hydrogen-bond donors (Lipinski definition) is 0. The summed E-state index contributed by atoms with van der Waals surface area (Å²) in [7, 11) is 0. The Hall–Kier alpha value is -2.53. The second-order valence-corrected chi connectivity index (χ2v) is 8.73. The molecule has 3 aromatic rings. The predicted molar refractivity (Wildman–Crippen MR) is 121 cm³/mol. The minimum Gasteiger partial charge on any atom is -0.376 e. The van der Waals surface area contributed by atoms with Crippen molar-refractivity contribution in [3.63, 3.8) is 0 Å². The van der Waals surface area contributed by atoms with Crippen LogP contribution in [0.2, 0.25) is 10.0 Å². The maximum Gasteiger partial charge on any atom is 0.330 e. The van der Waals surface area contributed by atoms with E-state index in [2.05, 4.69) is 25.1 Å². The molecular formula is C24H20Cl2N2O2. The molecule has 1 atom stereocenters. The Morgan fingerprint density at radius 1 is 0.900 bits per heavy atom. The molecule has 5 rings (SSSR count). The van der Waals surface area contributed by atoms with Gasteiger partial charge in [-0.3, -0.25) is 9.80 Å². The first-order valence-electron chi connectivity index (χ1n) is 9.78. The van der Waals surface area contributed by atoms with Crippen LogP contribution in [0.3, 0.4) is 0 Å². The molecule has 1 spiro atoms. The van der Waals surface area contributed by atoms with Gasteiger partial charge in [0.05, 0.1) is 19.3 Å². The summed E-state index contributed by atoms with van der Waals surface area (Å²) in [6, 6.07) is 22.8. The molecule has 0 N–H and O–H groups in total. The van der Waals surface area contributed by atoms with Gasteiger partial charge in [-0.05, 0) is 61.0 Å². The van der Waals surface area contributed by atoms with Crippen LogP contribution in [0.4, 0.5) is 16.2 Å². The molecule has 2 heterocycles. The van der Waals surface area contributed by atoms with E-state index in [9.17, 15) is 4.79 Å². The summed E-state index contributed by atoms with van der Waals surface area (Å²) in [5, 5.41) is 1.27. The predicted octanol–water partition coefficient (Wildman–Crippen LogP) is 6.26. The van der Waals surface area contributed by atoms with E-state index < -0.39 is 5.54 Å². The quantitative estimate of drug-likeness (QED) is 0.483. The van der Waals surface area contributed by atoms with Crippen molar-refractivity contribution in [1.29, 1.82) is 0 Å². The zero-order valence-electron chi connectivity index (χ0n) is 16.4. The number of ether oxygens (including phenoxy) is 1. The SMILES string of the molecule is Cc1cccc([C@@H]2N(c3ccc(Cl)cc3)C(=O)N(c3ccc(Cl)cc3)C23COC3)c1. The summed E-state index contributed by atoms with van der Waals surface area (Å²) >= 11 is 12.2. The monoisotopic (exact) mass is 438 g/mol. The minimum atomic E-state index is -0.502. The van der Waals surface area contributed by atoms with Gasteiger partial charge in [0.25, 0.3) is 0 Å². The Bertz CT molecular complexity index is 1090. The minimum absolute atomic E-state index is 0.0885. The summed E-state index contributed by atoms with van der Waals surface area (Å²) in [4.78, 5) is 17.6. The molecule has 6 heteroatoms. The molecule has 2 saturated heterocycles. The number of nitrogens with zero attached hydrogens (tertiary/aromatic N) is 2. The van der Waals surface area contributed by atoms with Crippen molar-refractivity contribution < 1.29 is 9.53 Å². The van der Waals surface area contributed by atoms with Gasteiger partial charge in [-0.25, -0.2) is 4.79 Å². The number of urea groups is 1. The first kappa shape index (κ1) is 19.4. The smallest absolute Gasteiger partial charge is 0.330 e. The molecule has 2 aliphatic heterocycles. The van der Waals surface area contributed by atoms with Gasteiger partial charge in [0.1, 0.15) is 5.54 Å². The van der Waals surface area contributed by atoms with E-state index in [0.29, 0.717) is 23.3 Å². The number of amides is 2. The zero-order chi connectivity index (χ0) is 20.9. The number of carbonyl (C=O) groups is 1. The maximum atomic E-state index is 13.9. The van der Waals surface area contributed by atoms with E-state index in [0.717, 1.165) is 22.5 Å². The Morgan fingerprint density at radius 2 is 1.50 bits per heavy atom. The van der Waals surface area contributed by atoms with Gasteiger partial charge in [0, 0.05) is 21.4 Å². The van der Waals surface area contributed by atoms with Gasteiger partial charge in [-0.1, -0.05) is 53.0 Å². The molecule has 4 nitrogen and oxygen atoms in total. The number of benzene rings is 3. The largest absolute Gasteiger partial charge is 0.376 e. The second kappa shape index (κ2) is 7.31. The van der Waals surface area contributed by atoms with Gasteiger partial charge < -0.3 is 4.74 Å². The van der Waals surface area contributed by atoms with E-state index in [1.54, 1.807) is 0 Å². The normalized spacial score (nSPS) is 20.0. The van der Waals surface area contributed by atoms with Gasteiger partial charge in [0.2, 0.25) is 0 Å². The van der Waals surface area contributed by atoms with Crippen LogP contribution in [0.25, 0.3) is 0 Å². The molecule has 2 aliphatic rings. The van der Waals surface area contributed by atoms with Crippen LogP contribution in [0, 0.1) is 6.92 Å². The lowest BCUT2D eigenvalue weighted by molar-refractivity contribution is -0.0580. The first-order valence-corrected chi connectivity index (χ1v) is 10.5. The molecule has 152 valence electrons. The van der Waals surface area contributed by atoms with E-state index in [-0.39, 0.29) is 12.1 Å².